The minimum absolute atomic E-state index is 0.466. The molecule has 1 aromatic carbocycles. The molecule has 0 bridgehead atoms. The third kappa shape index (κ3) is 3.94. The first-order valence-electron chi connectivity index (χ1n) is 6.56. The maximum absolute atomic E-state index is 5.29. The molecule has 0 unspecified atom stereocenters. The second kappa shape index (κ2) is 7.22. The molecular formula is C15H17BrN4O2. The van der Waals surface area contributed by atoms with Gasteiger partial charge in [0.25, 0.3) is 0 Å². The van der Waals surface area contributed by atoms with Crippen LogP contribution < -0.4 is 14.9 Å². The van der Waals surface area contributed by atoms with Crippen LogP contribution in [-0.2, 0) is 0 Å². The SMILES string of the molecule is COc1cc(/C=N\Nc2nc(C)cc(C)n2)cc(Br)c1OC. The Hall–Kier alpha value is -2.15. The van der Waals surface area contributed by atoms with E-state index in [2.05, 4.69) is 36.4 Å². The largest absolute Gasteiger partial charge is 0.493 e. The fourth-order valence-electron chi connectivity index (χ4n) is 1.95. The van der Waals surface area contributed by atoms with Crippen molar-refractivity contribution in [3.63, 3.8) is 0 Å². The van der Waals surface area contributed by atoms with Gasteiger partial charge in [-0.2, -0.15) is 5.10 Å². The number of aromatic nitrogens is 2. The summed E-state index contributed by atoms with van der Waals surface area (Å²) in [5.74, 6) is 1.74. The lowest BCUT2D eigenvalue weighted by Gasteiger charge is -2.10. The van der Waals surface area contributed by atoms with Crippen LogP contribution in [0.4, 0.5) is 5.95 Å². The molecule has 1 aromatic heterocycles. The van der Waals surface area contributed by atoms with Crippen LogP contribution in [0.1, 0.15) is 17.0 Å². The fraction of sp³-hybridized carbons (Fsp3) is 0.267. The van der Waals surface area contributed by atoms with Gasteiger partial charge in [-0.1, -0.05) is 0 Å². The van der Waals surface area contributed by atoms with Crippen molar-refractivity contribution in [1.82, 2.24) is 9.97 Å². The molecule has 1 heterocycles. The standard InChI is InChI=1S/C15H17BrN4O2/c1-9-5-10(2)19-15(18-9)20-17-8-11-6-12(16)14(22-4)13(7-11)21-3/h5-8H,1-4H3,(H,18,19,20)/b17-8-. The number of nitrogens with one attached hydrogen (secondary N) is 1. The number of methoxy groups -OCH3 is 2. The van der Waals surface area contributed by atoms with Crippen LogP contribution in [0.2, 0.25) is 0 Å². The van der Waals surface area contributed by atoms with Gasteiger partial charge >= 0.3 is 0 Å². The summed E-state index contributed by atoms with van der Waals surface area (Å²) in [6.45, 7) is 3.82. The van der Waals surface area contributed by atoms with Gasteiger partial charge in [0.1, 0.15) is 0 Å². The van der Waals surface area contributed by atoms with E-state index in [9.17, 15) is 0 Å². The summed E-state index contributed by atoms with van der Waals surface area (Å²) >= 11 is 3.44. The number of anilines is 1. The lowest BCUT2D eigenvalue weighted by Crippen LogP contribution is -2.00. The van der Waals surface area contributed by atoms with Crippen molar-refractivity contribution in [1.29, 1.82) is 0 Å². The molecule has 0 amide bonds. The Labute approximate surface area is 137 Å². The molecule has 0 aliphatic rings. The van der Waals surface area contributed by atoms with Gasteiger partial charge in [0.15, 0.2) is 11.5 Å². The average Bonchev–Trinajstić information content (AvgIpc) is 2.45. The molecule has 0 aliphatic heterocycles. The molecular weight excluding hydrogens is 348 g/mol. The lowest BCUT2D eigenvalue weighted by atomic mass is 10.2. The molecule has 22 heavy (non-hydrogen) atoms. The predicted octanol–water partition coefficient (Wildman–Crippen LogP) is 3.32. The van der Waals surface area contributed by atoms with Crippen LogP contribution in [0.15, 0.2) is 27.8 Å². The molecule has 1 N–H and O–H groups in total. The summed E-state index contributed by atoms with van der Waals surface area (Å²) in [5.41, 5.74) is 5.44. The van der Waals surface area contributed by atoms with Gasteiger partial charge < -0.3 is 9.47 Å². The molecule has 0 fully saturated rings. The highest BCUT2D eigenvalue weighted by atomic mass is 79.9. The van der Waals surface area contributed by atoms with Gasteiger partial charge in [-0.15, -0.1) is 0 Å². The van der Waals surface area contributed by atoms with Crippen molar-refractivity contribution in [3.8, 4) is 11.5 Å². The van der Waals surface area contributed by atoms with Crippen LogP contribution in [0, 0.1) is 13.8 Å². The quantitative estimate of drug-likeness (QED) is 0.650. The first kappa shape index (κ1) is 16.2. The highest BCUT2D eigenvalue weighted by Crippen LogP contribution is 2.35. The van der Waals surface area contributed by atoms with Gasteiger partial charge in [-0.3, -0.25) is 0 Å². The molecule has 0 aliphatic carbocycles. The maximum Gasteiger partial charge on any atom is 0.243 e. The van der Waals surface area contributed by atoms with E-state index in [1.807, 2.05) is 32.0 Å². The monoisotopic (exact) mass is 364 g/mol. The Morgan fingerprint density at radius 2 is 1.77 bits per heavy atom. The number of nitrogens with zero attached hydrogens (tertiary/aromatic N) is 3. The zero-order valence-electron chi connectivity index (χ0n) is 12.8. The van der Waals surface area contributed by atoms with E-state index < -0.39 is 0 Å². The average molecular weight is 365 g/mol. The Balaban J connectivity index is 2.18. The molecule has 6 nitrogen and oxygen atoms in total. The molecule has 7 heteroatoms. The Morgan fingerprint density at radius 3 is 2.36 bits per heavy atom. The van der Waals surface area contributed by atoms with E-state index in [-0.39, 0.29) is 0 Å². The normalized spacial score (nSPS) is 10.8. The zero-order chi connectivity index (χ0) is 16.1. The Morgan fingerprint density at radius 1 is 1.09 bits per heavy atom. The second-order valence-electron chi connectivity index (χ2n) is 4.58. The number of hydrazone groups is 1. The van der Waals surface area contributed by atoms with E-state index >= 15 is 0 Å². The molecule has 0 radical (unpaired) electrons. The topological polar surface area (TPSA) is 68.6 Å². The molecule has 0 atom stereocenters. The zero-order valence-corrected chi connectivity index (χ0v) is 14.4. The van der Waals surface area contributed by atoms with E-state index in [0.29, 0.717) is 17.4 Å². The maximum atomic E-state index is 5.29. The van der Waals surface area contributed by atoms with Crippen molar-refractivity contribution < 1.29 is 9.47 Å². The van der Waals surface area contributed by atoms with Crippen LogP contribution >= 0.6 is 15.9 Å². The number of hydrogen-bond donors (Lipinski definition) is 1. The minimum atomic E-state index is 0.466. The molecule has 0 spiro atoms. The van der Waals surface area contributed by atoms with Crippen LogP contribution in [-0.4, -0.2) is 30.4 Å². The smallest absolute Gasteiger partial charge is 0.243 e. The molecule has 116 valence electrons. The van der Waals surface area contributed by atoms with Crippen molar-refractivity contribution >= 4 is 28.1 Å². The summed E-state index contributed by atoms with van der Waals surface area (Å²) in [6, 6.07) is 5.62. The number of benzene rings is 1. The number of halogens is 1. The molecule has 2 rings (SSSR count). The van der Waals surface area contributed by atoms with Gasteiger partial charge in [0, 0.05) is 11.4 Å². The number of rotatable bonds is 5. The van der Waals surface area contributed by atoms with Gasteiger partial charge in [0.05, 0.1) is 24.9 Å². The second-order valence-corrected chi connectivity index (χ2v) is 5.44. The molecule has 2 aromatic rings. The van der Waals surface area contributed by atoms with E-state index in [1.165, 1.54) is 0 Å². The van der Waals surface area contributed by atoms with E-state index in [1.54, 1.807) is 20.4 Å². The third-order valence-corrected chi connectivity index (χ3v) is 3.41. The highest BCUT2D eigenvalue weighted by Gasteiger charge is 2.09. The summed E-state index contributed by atoms with van der Waals surface area (Å²) < 4.78 is 11.4. The summed E-state index contributed by atoms with van der Waals surface area (Å²) in [6.07, 6.45) is 1.66. The van der Waals surface area contributed by atoms with Crippen molar-refractivity contribution in [2.24, 2.45) is 5.10 Å². The number of hydrogen-bond acceptors (Lipinski definition) is 6. The van der Waals surface area contributed by atoms with Crippen LogP contribution in [0.25, 0.3) is 0 Å². The lowest BCUT2D eigenvalue weighted by molar-refractivity contribution is 0.353. The van der Waals surface area contributed by atoms with Crippen LogP contribution in [0.5, 0.6) is 11.5 Å². The van der Waals surface area contributed by atoms with Crippen molar-refractivity contribution in [2.75, 3.05) is 19.6 Å². The Kier molecular flexibility index (Phi) is 5.32. The number of aryl methyl sites for hydroxylation is 2. The third-order valence-electron chi connectivity index (χ3n) is 2.82. The van der Waals surface area contributed by atoms with Crippen LogP contribution in [0.3, 0.4) is 0 Å². The van der Waals surface area contributed by atoms with Gasteiger partial charge in [0.2, 0.25) is 5.95 Å². The minimum Gasteiger partial charge on any atom is -0.493 e. The molecule has 0 saturated heterocycles. The van der Waals surface area contributed by atoms with Crippen molar-refractivity contribution in [3.05, 3.63) is 39.6 Å². The van der Waals surface area contributed by atoms with E-state index in [4.69, 9.17) is 9.47 Å². The van der Waals surface area contributed by atoms with Gasteiger partial charge in [-0.25, -0.2) is 15.4 Å². The first-order valence-corrected chi connectivity index (χ1v) is 7.35. The van der Waals surface area contributed by atoms with E-state index in [0.717, 1.165) is 21.4 Å². The Bertz CT molecular complexity index is 684. The van der Waals surface area contributed by atoms with Crippen molar-refractivity contribution in [2.45, 2.75) is 13.8 Å². The summed E-state index contributed by atoms with van der Waals surface area (Å²) in [7, 11) is 3.18. The van der Waals surface area contributed by atoms with Gasteiger partial charge in [-0.05, 0) is 53.5 Å². The first-order chi connectivity index (χ1) is 10.5. The fourth-order valence-corrected chi connectivity index (χ4v) is 2.57. The highest BCUT2D eigenvalue weighted by molar-refractivity contribution is 9.10. The number of ether oxygens (including phenoxy) is 2. The summed E-state index contributed by atoms with van der Waals surface area (Å²) in [5, 5.41) is 4.15. The predicted molar refractivity (Wildman–Crippen MR) is 90.0 cm³/mol. The molecule has 0 saturated carbocycles. The summed E-state index contributed by atoms with van der Waals surface area (Å²) in [4.78, 5) is 8.51.